The molecule has 5 N–H and O–H groups in total. The van der Waals surface area contributed by atoms with E-state index in [1.54, 1.807) is 0 Å². The Bertz CT molecular complexity index is 676. The third-order valence-electron chi connectivity index (χ3n) is 3.57. The second kappa shape index (κ2) is 4.98. The average Bonchev–Trinajstić information content (AvgIpc) is 2.73. The van der Waals surface area contributed by atoms with Crippen LogP contribution in [0.2, 0.25) is 0 Å². The van der Waals surface area contributed by atoms with Crippen LogP contribution in [0, 0.1) is 0 Å². The number of hydrogen-bond donors (Lipinski definition) is 3. The van der Waals surface area contributed by atoms with Gasteiger partial charge < -0.3 is 16.8 Å². The maximum atomic E-state index is 6.33. The van der Waals surface area contributed by atoms with E-state index in [4.69, 9.17) is 11.5 Å². The fourth-order valence-electron chi connectivity index (χ4n) is 2.68. The van der Waals surface area contributed by atoms with Crippen molar-refractivity contribution in [1.29, 1.82) is 0 Å². The van der Waals surface area contributed by atoms with Crippen LogP contribution in [0.3, 0.4) is 0 Å². The van der Waals surface area contributed by atoms with Crippen molar-refractivity contribution in [3.05, 3.63) is 53.6 Å². The number of fused-ring (bicyclic) bond motifs is 3. The summed E-state index contributed by atoms with van der Waals surface area (Å²) in [5, 5.41) is 3.09. The van der Waals surface area contributed by atoms with Gasteiger partial charge in [-0.25, -0.2) is 0 Å². The monoisotopic (exact) mass is 266 g/mol. The molecule has 4 heteroatoms. The summed E-state index contributed by atoms with van der Waals surface area (Å²) >= 11 is 0. The van der Waals surface area contributed by atoms with E-state index in [1.807, 2.05) is 25.1 Å². The SMILES string of the molecule is CCN=C(N)Nc1ccc2c(c1)C(N)c1ccccc1-2. The van der Waals surface area contributed by atoms with Gasteiger partial charge in [0.05, 0.1) is 6.04 Å². The molecule has 20 heavy (non-hydrogen) atoms. The molecule has 0 aliphatic heterocycles. The van der Waals surface area contributed by atoms with E-state index in [0.717, 1.165) is 11.3 Å². The van der Waals surface area contributed by atoms with Gasteiger partial charge in [0, 0.05) is 12.2 Å². The number of benzene rings is 2. The van der Waals surface area contributed by atoms with Crippen LogP contribution in [-0.2, 0) is 0 Å². The van der Waals surface area contributed by atoms with Crippen LogP contribution < -0.4 is 16.8 Å². The van der Waals surface area contributed by atoms with Gasteiger partial charge in [-0.05, 0) is 41.3 Å². The first-order valence-corrected chi connectivity index (χ1v) is 6.76. The number of nitrogens with two attached hydrogens (primary N) is 2. The van der Waals surface area contributed by atoms with Crippen molar-refractivity contribution < 1.29 is 0 Å². The molecule has 0 spiro atoms. The highest BCUT2D eigenvalue weighted by Crippen LogP contribution is 2.42. The fourth-order valence-corrected chi connectivity index (χ4v) is 2.68. The van der Waals surface area contributed by atoms with Gasteiger partial charge in [0.25, 0.3) is 0 Å². The van der Waals surface area contributed by atoms with E-state index in [1.165, 1.54) is 16.7 Å². The van der Waals surface area contributed by atoms with Gasteiger partial charge in [-0.1, -0.05) is 30.3 Å². The second-order valence-electron chi connectivity index (χ2n) is 4.85. The first-order chi connectivity index (χ1) is 9.70. The van der Waals surface area contributed by atoms with Gasteiger partial charge in [-0.2, -0.15) is 0 Å². The van der Waals surface area contributed by atoms with E-state index >= 15 is 0 Å². The Morgan fingerprint density at radius 1 is 1.15 bits per heavy atom. The zero-order valence-corrected chi connectivity index (χ0v) is 11.4. The van der Waals surface area contributed by atoms with Gasteiger partial charge in [-0.15, -0.1) is 0 Å². The minimum absolute atomic E-state index is 0.0766. The summed E-state index contributed by atoms with van der Waals surface area (Å²) in [6.45, 7) is 2.61. The van der Waals surface area contributed by atoms with Crippen LogP contribution in [0.25, 0.3) is 11.1 Å². The third-order valence-corrected chi connectivity index (χ3v) is 3.57. The van der Waals surface area contributed by atoms with Crippen molar-refractivity contribution in [2.24, 2.45) is 16.5 Å². The van der Waals surface area contributed by atoms with E-state index in [9.17, 15) is 0 Å². The largest absolute Gasteiger partial charge is 0.370 e. The molecule has 0 amide bonds. The van der Waals surface area contributed by atoms with Crippen LogP contribution in [-0.4, -0.2) is 12.5 Å². The zero-order chi connectivity index (χ0) is 14.1. The number of hydrogen-bond acceptors (Lipinski definition) is 2. The normalized spacial score (nSPS) is 16.7. The van der Waals surface area contributed by atoms with Crippen molar-refractivity contribution in [2.75, 3.05) is 11.9 Å². The number of anilines is 1. The summed E-state index contributed by atoms with van der Waals surface area (Å²) in [6, 6.07) is 14.3. The van der Waals surface area contributed by atoms with Crippen molar-refractivity contribution in [3.8, 4) is 11.1 Å². The molecule has 1 aliphatic rings. The lowest BCUT2D eigenvalue weighted by molar-refractivity contribution is 0.901. The Kier molecular flexibility index (Phi) is 3.16. The molecule has 0 saturated carbocycles. The minimum Gasteiger partial charge on any atom is -0.370 e. The fraction of sp³-hybridized carbons (Fsp3) is 0.188. The highest BCUT2D eigenvalue weighted by Gasteiger charge is 2.25. The molecule has 1 aliphatic carbocycles. The van der Waals surface area contributed by atoms with Gasteiger partial charge in [0.15, 0.2) is 5.96 Å². The number of rotatable bonds is 2. The number of guanidine groups is 1. The maximum Gasteiger partial charge on any atom is 0.193 e. The molecule has 0 saturated heterocycles. The summed E-state index contributed by atoms with van der Waals surface area (Å²) in [5.41, 5.74) is 17.8. The van der Waals surface area contributed by atoms with Gasteiger partial charge in [0.2, 0.25) is 0 Å². The molecular weight excluding hydrogens is 248 g/mol. The molecule has 1 atom stereocenters. The van der Waals surface area contributed by atoms with Crippen LogP contribution in [0.1, 0.15) is 24.1 Å². The molecule has 0 fully saturated rings. The predicted molar refractivity (Wildman–Crippen MR) is 83.7 cm³/mol. The lowest BCUT2D eigenvalue weighted by atomic mass is 10.1. The van der Waals surface area contributed by atoms with Crippen LogP contribution in [0.15, 0.2) is 47.5 Å². The highest BCUT2D eigenvalue weighted by atomic mass is 15.1. The predicted octanol–water partition coefficient (Wildman–Crippen LogP) is 2.46. The lowest BCUT2D eigenvalue weighted by Gasteiger charge is -2.10. The van der Waals surface area contributed by atoms with Crippen molar-refractivity contribution >= 4 is 11.6 Å². The van der Waals surface area contributed by atoms with Gasteiger partial charge >= 0.3 is 0 Å². The first kappa shape index (κ1) is 12.7. The van der Waals surface area contributed by atoms with Crippen molar-refractivity contribution in [3.63, 3.8) is 0 Å². The molecule has 0 heterocycles. The first-order valence-electron chi connectivity index (χ1n) is 6.76. The molecule has 1 unspecified atom stereocenters. The van der Waals surface area contributed by atoms with Crippen LogP contribution >= 0.6 is 0 Å². The summed E-state index contributed by atoms with van der Waals surface area (Å²) in [5.74, 6) is 0.427. The molecule has 0 radical (unpaired) electrons. The van der Waals surface area contributed by atoms with Crippen molar-refractivity contribution in [1.82, 2.24) is 0 Å². The maximum absolute atomic E-state index is 6.33. The Labute approximate surface area is 118 Å². The van der Waals surface area contributed by atoms with Gasteiger partial charge in [-0.3, -0.25) is 4.99 Å². The molecule has 3 rings (SSSR count). The second-order valence-corrected chi connectivity index (χ2v) is 4.85. The number of nitrogens with zero attached hydrogens (tertiary/aromatic N) is 1. The van der Waals surface area contributed by atoms with E-state index in [-0.39, 0.29) is 6.04 Å². The minimum atomic E-state index is -0.0766. The Morgan fingerprint density at radius 2 is 1.90 bits per heavy atom. The molecule has 4 nitrogen and oxygen atoms in total. The van der Waals surface area contributed by atoms with E-state index in [0.29, 0.717) is 12.5 Å². The quantitative estimate of drug-likeness (QED) is 0.577. The zero-order valence-electron chi connectivity index (χ0n) is 11.4. The molecule has 2 aromatic carbocycles. The Balaban J connectivity index is 1.98. The molecule has 102 valence electrons. The lowest BCUT2D eigenvalue weighted by Crippen LogP contribution is -2.22. The number of aliphatic imine (C=N–C) groups is 1. The summed E-state index contributed by atoms with van der Waals surface area (Å²) < 4.78 is 0. The topological polar surface area (TPSA) is 76.4 Å². The summed E-state index contributed by atoms with van der Waals surface area (Å²) in [4.78, 5) is 4.12. The molecule has 2 aromatic rings. The average molecular weight is 266 g/mol. The van der Waals surface area contributed by atoms with E-state index in [2.05, 4.69) is 34.6 Å². The number of nitrogens with one attached hydrogen (secondary N) is 1. The molecule has 0 aromatic heterocycles. The standard InChI is InChI=1S/C16H18N4/c1-2-19-16(18)20-10-7-8-12-11-5-3-4-6-13(11)15(17)14(12)9-10/h3-9,15H,2,17H2,1H3,(H3,18,19,20). The molecular formula is C16H18N4. The van der Waals surface area contributed by atoms with Crippen LogP contribution in [0.5, 0.6) is 0 Å². The Hall–Kier alpha value is -2.33. The summed E-state index contributed by atoms with van der Waals surface area (Å²) in [6.07, 6.45) is 0. The van der Waals surface area contributed by atoms with E-state index < -0.39 is 0 Å². The molecule has 0 bridgehead atoms. The highest BCUT2D eigenvalue weighted by molar-refractivity contribution is 5.93. The van der Waals surface area contributed by atoms with Crippen LogP contribution in [0.4, 0.5) is 5.69 Å². The van der Waals surface area contributed by atoms with Gasteiger partial charge in [0.1, 0.15) is 0 Å². The van der Waals surface area contributed by atoms with Crippen molar-refractivity contribution in [2.45, 2.75) is 13.0 Å². The third kappa shape index (κ3) is 2.04. The Morgan fingerprint density at radius 3 is 2.70 bits per heavy atom. The smallest absolute Gasteiger partial charge is 0.193 e. The summed E-state index contributed by atoms with van der Waals surface area (Å²) in [7, 11) is 0.